The highest BCUT2D eigenvalue weighted by Crippen LogP contribution is 2.32. The van der Waals surface area contributed by atoms with E-state index in [1.165, 1.54) is 18.5 Å². The molecule has 0 aliphatic carbocycles. The highest BCUT2D eigenvalue weighted by molar-refractivity contribution is 7.91. The molecule has 0 bridgehead atoms. The predicted molar refractivity (Wildman–Crippen MR) is 91.7 cm³/mol. The van der Waals surface area contributed by atoms with Crippen molar-refractivity contribution in [1.29, 1.82) is 0 Å². The van der Waals surface area contributed by atoms with E-state index in [2.05, 4.69) is 15.4 Å². The van der Waals surface area contributed by atoms with Gasteiger partial charge in [0.15, 0.2) is 21.3 Å². The van der Waals surface area contributed by atoms with Crippen molar-refractivity contribution in [2.45, 2.75) is 30.8 Å². The van der Waals surface area contributed by atoms with Crippen molar-refractivity contribution in [3.8, 4) is 11.5 Å². The smallest absolute Gasteiger partial charge is 0.221 e. The number of nitrogens with one attached hydrogen (secondary N) is 1. The lowest BCUT2D eigenvalue weighted by Crippen LogP contribution is -2.36. The minimum absolute atomic E-state index is 0.116. The topological polar surface area (TPSA) is 112 Å². The second kappa shape index (κ2) is 7.73. The molecule has 0 fully saturated rings. The maximum Gasteiger partial charge on any atom is 0.221 e. The molecule has 140 valence electrons. The SMILES string of the molecule is CC(Cn1cncn1)NC(=O)CCS(=O)(=O)c1ccc2c(c1)OCCO2. The number of carbonyl (C=O) groups is 1. The first-order chi connectivity index (χ1) is 12.4. The monoisotopic (exact) mass is 380 g/mol. The van der Waals surface area contributed by atoms with Gasteiger partial charge in [0.25, 0.3) is 0 Å². The van der Waals surface area contributed by atoms with E-state index in [1.54, 1.807) is 17.1 Å². The Hall–Kier alpha value is -2.62. The van der Waals surface area contributed by atoms with Gasteiger partial charge in [-0.3, -0.25) is 9.48 Å². The van der Waals surface area contributed by atoms with Gasteiger partial charge in [0.2, 0.25) is 5.91 Å². The summed E-state index contributed by atoms with van der Waals surface area (Å²) in [6.45, 7) is 3.09. The molecule has 26 heavy (non-hydrogen) atoms. The molecule has 0 saturated heterocycles. The fraction of sp³-hybridized carbons (Fsp3) is 0.438. The first-order valence-electron chi connectivity index (χ1n) is 8.18. The van der Waals surface area contributed by atoms with E-state index in [9.17, 15) is 13.2 Å². The normalized spacial score (nSPS) is 14.7. The van der Waals surface area contributed by atoms with Crippen molar-refractivity contribution in [3.63, 3.8) is 0 Å². The van der Waals surface area contributed by atoms with Gasteiger partial charge in [0.05, 0.1) is 17.2 Å². The molecular formula is C16H20N4O5S. The summed E-state index contributed by atoms with van der Waals surface area (Å²) in [6.07, 6.45) is 2.84. The Morgan fingerprint density at radius 2 is 2.08 bits per heavy atom. The summed E-state index contributed by atoms with van der Waals surface area (Å²) in [5, 5.41) is 6.72. The molecule has 1 amide bonds. The third kappa shape index (κ3) is 4.51. The Labute approximate surface area is 151 Å². The molecule has 2 aromatic rings. The highest BCUT2D eigenvalue weighted by atomic mass is 32.2. The zero-order chi connectivity index (χ0) is 18.6. The zero-order valence-electron chi connectivity index (χ0n) is 14.3. The van der Waals surface area contributed by atoms with Crippen LogP contribution in [0.5, 0.6) is 11.5 Å². The van der Waals surface area contributed by atoms with Crippen LogP contribution in [0.3, 0.4) is 0 Å². The van der Waals surface area contributed by atoms with Crippen LogP contribution in [0.2, 0.25) is 0 Å². The summed E-state index contributed by atoms with van der Waals surface area (Å²) in [6, 6.07) is 4.28. The number of carbonyl (C=O) groups excluding carboxylic acids is 1. The number of aromatic nitrogens is 3. The van der Waals surface area contributed by atoms with Crippen molar-refractivity contribution in [3.05, 3.63) is 30.9 Å². The van der Waals surface area contributed by atoms with Crippen LogP contribution in [-0.4, -0.2) is 54.1 Å². The van der Waals surface area contributed by atoms with E-state index >= 15 is 0 Å². The Morgan fingerprint density at radius 1 is 1.31 bits per heavy atom. The Balaban J connectivity index is 1.55. The maximum absolute atomic E-state index is 12.5. The van der Waals surface area contributed by atoms with Crippen molar-refractivity contribution in [2.75, 3.05) is 19.0 Å². The van der Waals surface area contributed by atoms with Crippen LogP contribution in [0.4, 0.5) is 0 Å². The Kier molecular flexibility index (Phi) is 5.40. The van der Waals surface area contributed by atoms with Crippen LogP contribution in [-0.2, 0) is 21.2 Å². The van der Waals surface area contributed by atoms with Gasteiger partial charge in [-0.05, 0) is 19.1 Å². The number of amides is 1. The third-order valence-electron chi connectivity index (χ3n) is 3.81. The van der Waals surface area contributed by atoms with Crippen LogP contribution < -0.4 is 14.8 Å². The number of rotatable bonds is 7. The molecule has 10 heteroatoms. The van der Waals surface area contributed by atoms with E-state index in [0.717, 1.165) is 0 Å². The summed E-state index contributed by atoms with van der Waals surface area (Å²) < 4.78 is 37.3. The molecular weight excluding hydrogens is 360 g/mol. The minimum atomic E-state index is -3.60. The van der Waals surface area contributed by atoms with E-state index in [-0.39, 0.29) is 29.0 Å². The number of nitrogens with zero attached hydrogens (tertiary/aromatic N) is 3. The molecule has 0 spiro atoms. The summed E-state index contributed by atoms with van der Waals surface area (Å²) >= 11 is 0. The van der Waals surface area contributed by atoms with Gasteiger partial charge in [-0.25, -0.2) is 13.4 Å². The molecule has 0 radical (unpaired) electrons. The summed E-state index contributed by atoms with van der Waals surface area (Å²) in [5.41, 5.74) is 0. The number of fused-ring (bicyclic) bond motifs is 1. The molecule has 1 aliphatic heterocycles. The molecule has 1 aromatic carbocycles. The van der Waals surface area contributed by atoms with E-state index < -0.39 is 9.84 Å². The molecule has 1 atom stereocenters. The Morgan fingerprint density at radius 3 is 2.81 bits per heavy atom. The quantitative estimate of drug-likeness (QED) is 0.741. The number of sulfone groups is 1. The first kappa shape index (κ1) is 18.2. The van der Waals surface area contributed by atoms with E-state index in [0.29, 0.717) is 31.3 Å². The van der Waals surface area contributed by atoms with Crippen LogP contribution in [0.15, 0.2) is 35.7 Å². The van der Waals surface area contributed by atoms with Gasteiger partial charge >= 0.3 is 0 Å². The van der Waals surface area contributed by atoms with E-state index in [1.807, 2.05) is 6.92 Å². The average Bonchev–Trinajstić information content (AvgIpc) is 3.12. The third-order valence-corrected chi connectivity index (χ3v) is 5.52. The summed E-state index contributed by atoms with van der Waals surface area (Å²) in [4.78, 5) is 16.0. The van der Waals surface area contributed by atoms with Gasteiger partial charge in [0, 0.05) is 18.5 Å². The van der Waals surface area contributed by atoms with Crippen LogP contribution in [0, 0.1) is 0 Å². The highest BCUT2D eigenvalue weighted by Gasteiger charge is 2.21. The number of benzene rings is 1. The average molecular weight is 380 g/mol. The molecule has 2 heterocycles. The summed E-state index contributed by atoms with van der Waals surface area (Å²) in [7, 11) is -3.60. The molecule has 1 aliphatic rings. The van der Waals surface area contributed by atoms with Crippen LogP contribution >= 0.6 is 0 Å². The van der Waals surface area contributed by atoms with Gasteiger partial charge in [0.1, 0.15) is 25.9 Å². The lowest BCUT2D eigenvalue weighted by molar-refractivity contribution is -0.121. The van der Waals surface area contributed by atoms with Gasteiger partial charge < -0.3 is 14.8 Å². The van der Waals surface area contributed by atoms with Crippen LogP contribution in [0.25, 0.3) is 0 Å². The first-order valence-corrected chi connectivity index (χ1v) is 9.83. The largest absolute Gasteiger partial charge is 0.486 e. The molecule has 3 rings (SSSR count). The van der Waals surface area contributed by atoms with Crippen molar-refractivity contribution >= 4 is 15.7 Å². The lowest BCUT2D eigenvalue weighted by Gasteiger charge is -2.19. The second-order valence-corrected chi connectivity index (χ2v) is 8.07. The number of hydrogen-bond donors (Lipinski definition) is 1. The van der Waals surface area contributed by atoms with Gasteiger partial charge in [-0.1, -0.05) is 0 Å². The second-order valence-electron chi connectivity index (χ2n) is 5.96. The summed E-state index contributed by atoms with van der Waals surface area (Å²) in [5.74, 6) is 0.311. The van der Waals surface area contributed by atoms with Gasteiger partial charge in [-0.2, -0.15) is 5.10 Å². The zero-order valence-corrected chi connectivity index (χ0v) is 15.1. The lowest BCUT2D eigenvalue weighted by atomic mass is 10.3. The number of hydrogen-bond acceptors (Lipinski definition) is 7. The Bertz CT molecular complexity index is 867. The molecule has 1 aromatic heterocycles. The molecule has 1 unspecified atom stereocenters. The molecule has 9 nitrogen and oxygen atoms in total. The molecule has 1 N–H and O–H groups in total. The number of ether oxygens (including phenoxy) is 2. The van der Waals surface area contributed by atoms with Crippen molar-refractivity contribution < 1.29 is 22.7 Å². The fourth-order valence-corrected chi connectivity index (χ4v) is 3.81. The maximum atomic E-state index is 12.5. The van der Waals surface area contributed by atoms with Crippen molar-refractivity contribution in [1.82, 2.24) is 20.1 Å². The fourth-order valence-electron chi connectivity index (χ4n) is 2.56. The standard InChI is InChI=1S/C16H20N4O5S/c1-12(9-20-11-17-10-18-20)19-16(21)4-7-26(22,23)13-2-3-14-15(8-13)25-6-5-24-14/h2-3,8,10-12H,4-7,9H2,1H3,(H,19,21). The predicted octanol–water partition coefficient (Wildman–Crippen LogP) is 0.418. The minimum Gasteiger partial charge on any atom is -0.486 e. The van der Waals surface area contributed by atoms with Gasteiger partial charge in [-0.15, -0.1) is 0 Å². The van der Waals surface area contributed by atoms with E-state index in [4.69, 9.17) is 9.47 Å². The van der Waals surface area contributed by atoms with Crippen LogP contribution in [0.1, 0.15) is 13.3 Å². The van der Waals surface area contributed by atoms with Crippen molar-refractivity contribution in [2.24, 2.45) is 0 Å². The molecule has 0 saturated carbocycles.